The van der Waals surface area contributed by atoms with Crippen LogP contribution in [0.3, 0.4) is 0 Å². The van der Waals surface area contributed by atoms with Crippen molar-refractivity contribution in [2.24, 2.45) is 5.92 Å². The highest BCUT2D eigenvalue weighted by atomic mass is 31.1. The number of rotatable bonds is 6. The molecule has 0 heterocycles. The molecule has 0 amide bonds. The van der Waals surface area contributed by atoms with Gasteiger partial charge in [0.05, 0.1) is 0 Å². The van der Waals surface area contributed by atoms with Gasteiger partial charge in [0.1, 0.15) is 0 Å². The summed E-state index contributed by atoms with van der Waals surface area (Å²) in [5.74, 6) is 0.843. The molecule has 1 rings (SSSR count). The Hall–Kier alpha value is -0.350. The lowest BCUT2D eigenvalue weighted by Crippen LogP contribution is -2.17. The maximum absolute atomic E-state index is 2.40. The first kappa shape index (κ1) is 13.7. The van der Waals surface area contributed by atoms with Gasteiger partial charge in [-0.1, -0.05) is 79.4 Å². The van der Waals surface area contributed by atoms with E-state index in [1.54, 1.807) is 0 Å². The van der Waals surface area contributed by atoms with Gasteiger partial charge in [0.2, 0.25) is 0 Å². The van der Waals surface area contributed by atoms with E-state index in [1.807, 2.05) is 0 Å². The first-order chi connectivity index (χ1) is 7.49. The second-order valence-corrected chi connectivity index (χ2v) is 7.84. The molecule has 0 aliphatic carbocycles. The molecule has 0 aromatic heterocycles. The van der Waals surface area contributed by atoms with Gasteiger partial charge in [0, 0.05) is 0 Å². The van der Waals surface area contributed by atoms with Gasteiger partial charge in [-0.05, 0) is 22.8 Å². The molecule has 1 atom stereocenters. The fraction of sp³-hybridized carbons (Fsp3) is 0.600. The molecule has 0 fully saturated rings. The average molecular weight is 236 g/mol. The molecule has 1 unspecified atom stereocenters. The van der Waals surface area contributed by atoms with Crippen molar-refractivity contribution in [3.63, 3.8) is 0 Å². The lowest BCUT2D eigenvalue weighted by atomic mass is 10.0. The van der Waals surface area contributed by atoms with Crippen LogP contribution in [0.2, 0.25) is 0 Å². The van der Waals surface area contributed by atoms with Gasteiger partial charge in [0.25, 0.3) is 0 Å². The SMILES string of the molecule is CC(C)CCCC(C)(C)Pc1ccccc1. The summed E-state index contributed by atoms with van der Waals surface area (Å²) in [7, 11) is 0.935. The van der Waals surface area contributed by atoms with Gasteiger partial charge in [-0.25, -0.2) is 0 Å². The standard InChI is InChI=1S/C15H25P/c1-13(2)9-8-12-15(3,4)16-14-10-6-5-7-11-14/h5-7,10-11,13,16H,8-9,12H2,1-4H3. The van der Waals surface area contributed by atoms with Crippen molar-refractivity contribution in [1.82, 2.24) is 0 Å². The highest BCUT2D eigenvalue weighted by Gasteiger charge is 2.17. The van der Waals surface area contributed by atoms with E-state index in [0.717, 1.165) is 14.5 Å². The van der Waals surface area contributed by atoms with Crippen molar-refractivity contribution in [2.45, 2.75) is 52.1 Å². The normalized spacial score (nSPS) is 12.8. The Morgan fingerprint density at radius 3 is 2.31 bits per heavy atom. The van der Waals surface area contributed by atoms with Crippen LogP contribution in [0, 0.1) is 5.92 Å². The van der Waals surface area contributed by atoms with Gasteiger partial charge in [-0.3, -0.25) is 0 Å². The number of benzene rings is 1. The molecule has 0 aliphatic rings. The fourth-order valence-corrected chi connectivity index (χ4v) is 3.37. The fourth-order valence-electron chi connectivity index (χ4n) is 1.93. The molecule has 0 spiro atoms. The molecule has 16 heavy (non-hydrogen) atoms. The molecular formula is C15H25P. The summed E-state index contributed by atoms with van der Waals surface area (Å²) < 4.78 is 0. The molecule has 90 valence electrons. The summed E-state index contributed by atoms with van der Waals surface area (Å²) in [5, 5.41) is 1.97. The van der Waals surface area contributed by atoms with Crippen LogP contribution in [0.4, 0.5) is 0 Å². The van der Waals surface area contributed by atoms with Crippen LogP contribution in [0.5, 0.6) is 0 Å². The number of hydrogen-bond donors (Lipinski definition) is 0. The lowest BCUT2D eigenvalue weighted by molar-refractivity contribution is 0.500. The number of hydrogen-bond acceptors (Lipinski definition) is 0. The zero-order valence-electron chi connectivity index (χ0n) is 11.1. The maximum atomic E-state index is 2.40. The van der Waals surface area contributed by atoms with Crippen molar-refractivity contribution in [3.8, 4) is 0 Å². The van der Waals surface area contributed by atoms with E-state index in [2.05, 4.69) is 58.0 Å². The summed E-state index contributed by atoms with van der Waals surface area (Å²) in [5.41, 5.74) is 0. The molecule has 0 bridgehead atoms. The van der Waals surface area contributed by atoms with Crippen LogP contribution in [-0.2, 0) is 0 Å². The molecule has 0 radical (unpaired) electrons. The van der Waals surface area contributed by atoms with Crippen LogP contribution in [-0.4, -0.2) is 5.16 Å². The third-order valence-corrected chi connectivity index (χ3v) is 4.39. The van der Waals surface area contributed by atoms with E-state index >= 15 is 0 Å². The van der Waals surface area contributed by atoms with Gasteiger partial charge in [-0.15, -0.1) is 0 Å². The zero-order chi connectivity index (χ0) is 12.0. The predicted molar refractivity (Wildman–Crippen MR) is 77.2 cm³/mol. The van der Waals surface area contributed by atoms with E-state index in [0.29, 0.717) is 5.16 Å². The van der Waals surface area contributed by atoms with Crippen molar-refractivity contribution < 1.29 is 0 Å². The third-order valence-electron chi connectivity index (χ3n) is 2.84. The molecule has 0 nitrogen and oxygen atoms in total. The molecule has 0 saturated heterocycles. The largest absolute Gasteiger partial charge is 0.0846 e. The van der Waals surface area contributed by atoms with Gasteiger partial charge in [-0.2, -0.15) is 0 Å². The quantitative estimate of drug-likeness (QED) is 0.633. The molecular weight excluding hydrogens is 211 g/mol. The zero-order valence-corrected chi connectivity index (χ0v) is 12.1. The minimum Gasteiger partial charge on any atom is -0.0846 e. The first-order valence-electron chi connectivity index (χ1n) is 6.33. The molecule has 1 aromatic rings. The Labute approximate surface area is 103 Å². The molecule has 0 aliphatic heterocycles. The van der Waals surface area contributed by atoms with Crippen molar-refractivity contribution in [3.05, 3.63) is 30.3 Å². The Kier molecular flexibility index (Phi) is 5.49. The van der Waals surface area contributed by atoms with Gasteiger partial charge < -0.3 is 0 Å². The van der Waals surface area contributed by atoms with E-state index < -0.39 is 0 Å². The second-order valence-electron chi connectivity index (χ2n) is 5.66. The van der Waals surface area contributed by atoms with Crippen LogP contribution in [0.1, 0.15) is 47.0 Å². The Morgan fingerprint density at radius 1 is 1.12 bits per heavy atom. The minimum atomic E-state index is 0.468. The minimum absolute atomic E-state index is 0.468. The van der Waals surface area contributed by atoms with Crippen LogP contribution < -0.4 is 5.30 Å². The van der Waals surface area contributed by atoms with E-state index in [4.69, 9.17) is 0 Å². The molecule has 1 heteroatoms. The topological polar surface area (TPSA) is 0 Å². The van der Waals surface area contributed by atoms with Crippen molar-refractivity contribution in [2.75, 3.05) is 0 Å². The summed E-state index contributed by atoms with van der Waals surface area (Å²) in [6, 6.07) is 10.9. The second kappa shape index (κ2) is 6.40. The molecule has 0 N–H and O–H groups in total. The Balaban J connectivity index is 2.39. The highest BCUT2D eigenvalue weighted by molar-refractivity contribution is 7.48. The molecule has 0 saturated carbocycles. The maximum Gasteiger partial charge on any atom is -0.0138 e. The van der Waals surface area contributed by atoms with E-state index in [1.165, 1.54) is 24.6 Å². The monoisotopic (exact) mass is 236 g/mol. The summed E-state index contributed by atoms with van der Waals surface area (Å²) >= 11 is 0. The van der Waals surface area contributed by atoms with E-state index in [-0.39, 0.29) is 0 Å². The third kappa shape index (κ3) is 5.66. The van der Waals surface area contributed by atoms with Crippen LogP contribution in [0.25, 0.3) is 0 Å². The Bertz CT molecular complexity index is 288. The first-order valence-corrected chi connectivity index (χ1v) is 7.33. The van der Waals surface area contributed by atoms with Crippen molar-refractivity contribution in [1.29, 1.82) is 0 Å². The van der Waals surface area contributed by atoms with E-state index in [9.17, 15) is 0 Å². The summed E-state index contributed by atoms with van der Waals surface area (Å²) in [6.07, 6.45) is 4.08. The van der Waals surface area contributed by atoms with Crippen LogP contribution >= 0.6 is 8.58 Å². The summed E-state index contributed by atoms with van der Waals surface area (Å²) in [6.45, 7) is 9.43. The van der Waals surface area contributed by atoms with Crippen LogP contribution in [0.15, 0.2) is 30.3 Å². The molecule has 1 aromatic carbocycles. The highest BCUT2D eigenvalue weighted by Crippen LogP contribution is 2.35. The van der Waals surface area contributed by atoms with Gasteiger partial charge in [0.15, 0.2) is 0 Å². The lowest BCUT2D eigenvalue weighted by Gasteiger charge is -2.25. The summed E-state index contributed by atoms with van der Waals surface area (Å²) in [4.78, 5) is 0. The van der Waals surface area contributed by atoms with Crippen molar-refractivity contribution >= 4 is 13.9 Å². The average Bonchev–Trinajstić information content (AvgIpc) is 2.17. The smallest absolute Gasteiger partial charge is 0.0138 e. The Morgan fingerprint density at radius 2 is 1.75 bits per heavy atom. The predicted octanol–water partition coefficient (Wildman–Crippen LogP) is 4.60. The van der Waals surface area contributed by atoms with Gasteiger partial charge >= 0.3 is 0 Å².